The SMILES string of the molecule is COC(C(Cc1cc(F)ccc1Br)NN)C(C)(C)C. The smallest absolute Gasteiger partial charge is 0.123 e. The Balaban J connectivity index is 2.95. The minimum Gasteiger partial charge on any atom is -0.379 e. The van der Waals surface area contributed by atoms with E-state index < -0.39 is 0 Å². The van der Waals surface area contributed by atoms with Crippen molar-refractivity contribution in [2.75, 3.05) is 7.11 Å². The fraction of sp³-hybridized carbons (Fsp3) is 0.571. The lowest BCUT2D eigenvalue weighted by molar-refractivity contribution is -0.0111. The lowest BCUT2D eigenvalue weighted by Gasteiger charge is -2.35. The molecule has 0 saturated carbocycles. The third-order valence-electron chi connectivity index (χ3n) is 3.13. The number of hydrazine groups is 1. The number of nitrogens with two attached hydrogens (primary N) is 1. The Kier molecular flexibility index (Phi) is 5.92. The van der Waals surface area contributed by atoms with E-state index >= 15 is 0 Å². The number of hydrogen-bond donors (Lipinski definition) is 2. The molecular weight excluding hydrogens is 311 g/mol. The van der Waals surface area contributed by atoms with Crippen LogP contribution in [-0.4, -0.2) is 19.3 Å². The summed E-state index contributed by atoms with van der Waals surface area (Å²) < 4.78 is 19.7. The van der Waals surface area contributed by atoms with Crippen molar-refractivity contribution in [3.8, 4) is 0 Å². The molecule has 2 atom stereocenters. The molecule has 0 aromatic heterocycles. The van der Waals surface area contributed by atoms with Crippen LogP contribution in [0.5, 0.6) is 0 Å². The molecule has 0 aliphatic heterocycles. The first-order valence-corrected chi connectivity index (χ1v) is 7.01. The third kappa shape index (κ3) is 4.53. The van der Waals surface area contributed by atoms with E-state index in [1.165, 1.54) is 12.1 Å². The fourth-order valence-corrected chi connectivity index (χ4v) is 2.72. The van der Waals surface area contributed by atoms with Crippen molar-refractivity contribution in [2.45, 2.75) is 39.3 Å². The fourth-order valence-electron chi connectivity index (χ4n) is 2.31. The highest BCUT2D eigenvalue weighted by atomic mass is 79.9. The van der Waals surface area contributed by atoms with Gasteiger partial charge in [0, 0.05) is 11.6 Å². The molecule has 0 amide bonds. The van der Waals surface area contributed by atoms with Gasteiger partial charge in [0.05, 0.1) is 12.1 Å². The molecule has 19 heavy (non-hydrogen) atoms. The molecule has 108 valence electrons. The van der Waals surface area contributed by atoms with Crippen molar-refractivity contribution in [3.05, 3.63) is 34.1 Å². The Hall–Kier alpha value is -0.490. The minimum atomic E-state index is -0.251. The van der Waals surface area contributed by atoms with Crippen molar-refractivity contribution in [3.63, 3.8) is 0 Å². The molecule has 0 spiro atoms. The summed E-state index contributed by atoms with van der Waals surface area (Å²) in [5, 5.41) is 0. The summed E-state index contributed by atoms with van der Waals surface area (Å²) in [6, 6.07) is 4.56. The highest BCUT2D eigenvalue weighted by Gasteiger charge is 2.32. The van der Waals surface area contributed by atoms with Gasteiger partial charge < -0.3 is 4.74 Å². The lowest BCUT2D eigenvalue weighted by atomic mass is 9.82. The van der Waals surface area contributed by atoms with E-state index in [2.05, 4.69) is 42.1 Å². The maximum atomic E-state index is 13.3. The molecule has 1 rings (SSSR count). The molecule has 1 aromatic rings. The van der Waals surface area contributed by atoms with E-state index in [9.17, 15) is 4.39 Å². The van der Waals surface area contributed by atoms with Crippen LogP contribution in [0.4, 0.5) is 4.39 Å². The molecular formula is C14H22BrFN2O. The summed E-state index contributed by atoms with van der Waals surface area (Å²) in [6.45, 7) is 6.27. The molecule has 3 N–H and O–H groups in total. The number of ether oxygens (including phenoxy) is 1. The van der Waals surface area contributed by atoms with Gasteiger partial charge >= 0.3 is 0 Å². The highest BCUT2D eigenvalue weighted by molar-refractivity contribution is 9.10. The molecule has 5 heteroatoms. The van der Waals surface area contributed by atoms with Crippen molar-refractivity contribution < 1.29 is 9.13 Å². The summed E-state index contributed by atoms with van der Waals surface area (Å²) >= 11 is 3.43. The molecule has 0 radical (unpaired) electrons. The molecule has 3 nitrogen and oxygen atoms in total. The Morgan fingerprint density at radius 1 is 1.42 bits per heavy atom. The monoisotopic (exact) mass is 332 g/mol. The zero-order valence-corrected chi connectivity index (χ0v) is 13.4. The van der Waals surface area contributed by atoms with Gasteiger partial charge in [0.25, 0.3) is 0 Å². The molecule has 2 unspecified atom stereocenters. The van der Waals surface area contributed by atoms with Crippen LogP contribution in [0.2, 0.25) is 0 Å². The molecule has 0 heterocycles. The molecule has 0 aliphatic rings. The van der Waals surface area contributed by atoms with Gasteiger partial charge in [-0.3, -0.25) is 11.3 Å². The van der Waals surface area contributed by atoms with Crippen LogP contribution >= 0.6 is 15.9 Å². The first-order chi connectivity index (χ1) is 8.79. The molecule has 0 aliphatic carbocycles. The number of nitrogens with one attached hydrogen (secondary N) is 1. The average Bonchev–Trinajstić information content (AvgIpc) is 2.31. The maximum Gasteiger partial charge on any atom is 0.123 e. The lowest BCUT2D eigenvalue weighted by Crippen LogP contribution is -2.51. The second-order valence-electron chi connectivity index (χ2n) is 5.74. The van der Waals surface area contributed by atoms with Crippen LogP contribution in [0.1, 0.15) is 26.3 Å². The van der Waals surface area contributed by atoms with Crippen LogP contribution < -0.4 is 11.3 Å². The van der Waals surface area contributed by atoms with Crippen LogP contribution in [0, 0.1) is 11.2 Å². The van der Waals surface area contributed by atoms with E-state index in [-0.39, 0.29) is 23.4 Å². The van der Waals surface area contributed by atoms with E-state index in [1.807, 2.05) is 0 Å². The Morgan fingerprint density at radius 2 is 2.05 bits per heavy atom. The predicted molar refractivity (Wildman–Crippen MR) is 79.2 cm³/mol. The summed E-state index contributed by atoms with van der Waals surface area (Å²) in [6.07, 6.45) is 0.512. The average molecular weight is 333 g/mol. The minimum absolute atomic E-state index is 0.0639. The van der Waals surface area contributed by atoms with Gasteiger partial charge in [-0.25, -0.2) is 4.39 Å². The molecule has 1 aromatic carbocycles. The first kappa shape index (κ1) is 16.6. The van der Waals surface area contributed by atoms with Crippen molar-refractivity contribution in [1.29, 1.82) is 0 Å². The van der Waals surface area contributed by atoms with Crippen LogP contribution in [0.3, 0.4) is 0 Å². The maximum absolute atomic E-state index is 13.3. The zero-order chi connectivity index (χ0) is 14.6. The largest absolute Gasteiger partial charge is 0.379 e. The number of rotatable bonds is 5. The number of benzene rings is 1. The first-order valence-electron chi connectivity index (χ1n) is 6.22. The standard InChI is InChI=1S/C14H22BrFN2O/c1-14(2,3)13(19-4)12(18-17)8-9-7-10(16)5-6-11(9)15/h5-7,12-13,18H,8,17H2,1-4H3. The second kappa shape index (κ2) is 6.79. The second-order valence-corrected chi connectivity index (χ2v) is 6.59. The summed E-state index contributed by atoms with van der Waals surface area (Å²) in [5.41, 5.74) is 3.59. The topological polar surface area (TPSA) is 47.3 Å². The van der Waals surface area contributed by atoms with Gasteiger partial charge in [-0.15, -0.1) is 0 Å². The van der Waals surface area contributed by atoms with Crippen molar-refractivity contribution >= 4 is 15.9 Å². The normalized spacial score (nSPS) is 15.3. The van der Waals surface area contributed by atoms with Gasteiger partial charge in [-0.2, -0.15) is 0 Å². The van der Waals surface area contributed by atoms with E-state index in [1.54, 1.807) is 13.2 Å². The number of hydrogen-bond acceptors (Lipinski definition) is 3. The quantitative estimate of drug-likeness (QED) is 0.643. The third-order valence-corrected chi connectivity index (χ3v) is 3.91. The van der Waals surface area contributed by atoms with E-state index in [0.29, 0.717) is 6.42 Å². The Labute approximate surface area is 122 Å². The van der Waals surface area contributed by atoms with Gasteiger partial charge in [0.15, 0.2) is 0 Å². The zero-order valence-electron chi connectivity index (χ0n) is 11.8. The van der Waals surface area contributed by atoms with Crippen LogP contribution in [0.15, 0.2) is 22.7 Å². The number of methoxy groups -OCH3 is 1. The molecule has 0 saturated heterocycles. The van der Waals surface area contributed by atoms with Gasteiger partial charge in [0.1, 0.15) is 5.82 Å². The highest BCUT2D eigenvalue weighted by Crippen LogP contribution is 2.27. The van der Waals surface area contributed by atoms with Crippen LogP contribution in [0.25, 0.3) is 0 Å². The van der Waals surface area contributed by atoms with Crippen molar-refractivity contribution in [1.82, 2.24) is 5.43 Å². The molecule has 0 bridgehead atoms. The van der Waals surface area contributed by atoms with Crippen molar-refractivity contribution in [2.24, 2.45) is 11.3 Å². The van der Waals surface area contributed by atoms with E-state index in [0.717, 1.165) is 10.0 Å². The van der Waals surface area contributed by atoms with Gasteiger partial charge in [0.2, 0.25) is 0 Å². The summed E-state index contributed by atoms with van der Waals surface area (Å²) in [5.74, 6) is 5.39. The summed E-state index contributed by atoms with van der Waals surface area (Å²) in [7, 11) is 1.67. The Morgan fingerprint density at radius 3 is 2.53 bits per heavy atom. The van der Waals surface area contributed by atoms with Gasteiger partial charge in [-0.05, 0) is 35.6 Å². The molecule has 0 fully saturated rings. The Bertz CT molecular complexity index is 420. The van der Waals surface area contributed by atoms with Gasteiger partial charge in [-0.1, -0.05) is 36.7 Å². The van der Waals surface area contributed by atoms with Crippen LogP contribution in [-0.2, 0) is 11.2 Å². The number of halogens is 2. The van der Waals surface area contributed by atoms with E-state index in [4.69, 9.17) is 10.6 Å². The predicted octanol–water partition coefficient (Wildman–Crippen LogP) is 3.02. The summed E-state index contributed by atoms with van der Waals surface area (Å²) in [4.78, 5) is 0.